The largest absolute Gasteiger partial charge is 0.507 e. The first-order chi connectivity index (χ1) is 7.95. The maximum atomic E-state index is 11.3. The van der Waals surface area contributed by atoms with Crippen LogP contribution in [0.1, 0.15) is 36.1 Å². The molecule has 0 aliphatic heterocycles. The van der Waals surface area contributed by atoms with Gasteiger partial charge in [-0.1, -0.05) is 12.1 Å². The van der Waals surface area contributed by atoms with Gasteiger partial charge in [-0.25, -0.2) is 0 Å². The van der Waals surface area contributed by atoms with Crippen LogP contribution in [0.15, 0.2) is 12.1 Å². The van der Waals surface area contributed by atoms with Gasteiger partial charge in [0.25, 0.3) is 0 Å². The van der Waals surface area contributed by atoms with E-state index in [-0.39, 0.29) is 30.5 Å². The molecule has 3 N–H and O–H groups in total. The van der Waals surface area contributed by atoms with Crippen molar-refractivity contribution >= 4 is 18.4 Å². The van der Waals surface area contributed by atoms with E-state index in [4.69, 9.17) is 10.5 Å². The third kappa shape index (κ3) is 4.20. The van der Waals surface area contributed by atoms with Crippen molar-refractivity contribution in [1.82, 2.24) is 0 Å². The molecule has 0 saturated heterocycles. The lowest BCUT2D eigenvalue weighted by Gasteiger charge is -2.14. The Bertz CT molecular complexity index is 398. The Hall–Kier alpha value is -1.26. The van der Waals surface area contributed by atoms with Gasteiger partial charge in [0.05, 0.1) is 13.0 Å². The van der Waals surface area contributed by atoms with Gasteiger partial charge in [0, 0.05) is 6.04 Å². The highest BCUT2D eigenvalue weighted by Crippen LogP contribution is 2.26. The topological polar surface area (TPSA) is 72.5 Å². The summed E-state index contributed by atoms with van der Waals surface area (Å²) in [6, 6.07) is 3.20. The van der Waals surface area contributed by atoms with Gasteiger partial charge < -0.3 is 15.6 Å². The van der Waals surface area contributed by atoms with Crippen molar-refractivity contribution in [2.75, 3.05) is 6.61 Å². The molecule has 0 spiro atoms. The molecule has 0 aromatic heterocycles. The zero-order valence-electron chi connectivity index (χ0n) is 10.9. The number of phenolic OH excluding ortho intramolecular Hbond substituents is 1. The standard InChI is InChI=1S/C13H19NO3.ClH/c1-4-17-12(15)7-11(14)10-5-8(2)13(16)9(3)6-10;/h5-6,11,16H,4,7,14H2,1-3H3;1H/t11-;/m0./s1. The molecule has 18 heavy (non-hydrogen) atoms. The summed E-state index contributed by atoms with van der Waals surface area (Å²) >= 11 is 0. The van der Waals surface area contributed by atoms with Crippen LogP contribution in [-0.4, -0.2) is 17.7 Å². The molecule has 0 aliphatic rings. The Balaban J connectivity index is 0.00000289. The molecule has 0 radical (unpaired) electrons. The van der Waals surface area contributed by atoms with Crippen LogP contribution in [0.4, 0.5) is 0 Å². The number of benzene rings is 1. The minimum absolute atomic E-state index is 0. The van der Waals surface area contributed by atoms with E-state index in [1.54, 1.807) is 19.1 Å². The Morgan fingerprint density at radius 1 is 1.39 bits per heavy atom. The van der Waals surface area contributed by atoms with Crippen LogP contribution >= 0.6 is 12.4 Å². The van der Waals surface area contributed by atoms with Crippen molar-refractivity contribution in [3.05, 3.63) is 28.8 Å². The van der Waals surface area contributed by atoms with Gasteiger partial charge in [-0.2, -0.15) is 0 Å². The number of esters is 1. The van der Waals surface area contributed by atoms with Crippen molar-refractivity contribution in [3.8, 4) is 5.75 Å². The Morgan fingerprint density at radius 3 is 2.33 bits per heavy atom. The van der Waals surface area contributed by atoms with Crippen LogP contribution in [0, 0.1) is 13.8 Å². The van der Waals surface area contributed by atoms with Gasteiger partial charge in [0.15, 0.2) is 0 Å². The Morgan fingerprint density at radius 2 is 1.89 bits per heavy atom. The lowest BCUT2D eigenvalue weighted by atomic mass is 9.99. The summed E-state index contributed by atoms with van der Waals surface area (Å²) in [6.45, 7) is 5.74. The first-order valence-corrected chi connectivity index (χ1v) is 5.67. The highest BCUT2D eigenvalue weighted by molar-refractivity contribution is 5.85. The zero-order valence-corrected chi connectivity index (χ0v) is 11.7. The summed E-state index contributed by atoms with van der Waals surface area (Å²) in [7, 11) is 0. The fourth-order valence-corrected chi connectivity index (χ4v) is 1.72. The van der Waals surface area contributed by atoms with E-state index < -0.39 is 6.04 Å². The van der Waals surface area contributed by atoms with E-state index in [0.717, 1.165) is 16.7 Å². The third-order valence-corrected chi connectivity index (χ3v) is 2.63. The quantitative estimate of drug-likeness (QED) is 0.826. The van der Waals surface area contributed by atoms with Gasteiger partial charge >= 0.3 is 5.97 Å². The van der Waals surface area contributed by atoms with E-state index in [0.29, 0.717) is 6.61 Å². The molecule has 1 atom stereocenters. The van der Waals surface area contributed by atoms with Crippen LogP contribution in [-0.2, 0) is 9.53 Å². The fraction of sp³-hybridized carbons (Fsp3) is 0.462. The van der Waals surface area contributed by atoms with Crippen LogP contribution in [0.25, 0.3) is 0 Å². The summed E-state index contributed by atoms with van der Waals surface area (Å²) < 4.78 is 4.85. The smallest absolute Gasteiger partial charge is 0.307 e. The number of hydrogen-bond acceptors (Lipinski definition) is 4. The summed E-state index contributed by atoms with van der Waals surface area (Å²) in [4.78, 5) is 11.3. The number of carbonyl (C=O) groups is 1. The molecule has 0 saturated carbocycles. The van der Waals surface area contributed by atoms with Crippen molar-refractivity contribution in [2.24, 2.45) is 5.73 Å². The molecular weight excluding hydrogens is 254 g/mol. The summed E-state index contributed by atoms with van der Waals surface area (Å²) in [6.07, 6.45) is 0.150. The lowest BCUT2D eigenvalue weighted by Crippen LogP contribution is -2.17. The number of aryl methyl sites for hydroxylation is 2. The van der Waals surface area contributed by atoms with Gasteiger partial charge in [-0.05, 0) is 37.5 Å². The minimum atomic E-state index is -0.396. The van der Waals surface area contributed by atoms with Gasteiger partial charge in [0.2, 0.25) is 0 Å². The van der Waals surface area contributed by atoms with E-state index in [1.165, 1.54) is 0 Å². The van der Waals surface area contributed by atoms with Crippen molar-refractivity contribution in [3.63, 3.8) is 0 Å². The molecular formula is C13H20ClNO3. The first kappa shape index (κ1) is 16.7. The number of hydrogen-bond donors (Lipinski definition) is 2. The normalized spacial score (nSPS) is 11.6. The molecule has 1 aromatic carbocycles. The zero-order chi connectivity index (χ0) is 13.0. The van der Waals surface area contributed by atoms with E-state index in [9.17, 15) is 9.90 Å². The molecule has 1 aromatic rings. The van der Waals surface area contributed by atoms with Crippen LogP contribution in [0.5, 0.6) is 5.75 Å². The minimum Gasteiger partial charge on any atom is -0.507 e. The highest BCUT2D eigenvalue weighted by Gasteiger charge is 2.14. The van der Waals surface area contributed by atoms with Gasteiger partial charge in [0.1, 0.15) is 5.75 Å². The maximum absolute atomic E-state index is 11.3. The molecule has 0 bridgehead atoms. The number of aromatic hydroxyl groups is 1. The van der Waals surface area contributed by atoms with E-state index in [2.05, 4.69) is 0 Å². The molecule has 1 rings (SSSR count). The summed E-state index contributed by atoms with van der Waals surface area (Å²) in [5.41, 5.74) is 8.30. The molecule has 0 amide bonds. The van der Waals surface area contributed by atoms with Gasteiger partial charge in [-0.3, -0.25) is 4.79 Å². The summed E-state index contributed by atoms with van der Waals surface area (Å²) in [5, 5.41) is 9.65. The average Bonchev–Trinajstić information content (AvgIpc) is 2.25. The predicted octanol–water partition coefficient (Wildman–Crippen LogP) is 2.38. The third-order valence-electron chi connectivity index (χ3n) is 2.63. The molecule has 0 fully saturated rings. The monoisotopic (exact) mass is 273 g/mol. The SMILES string of the molecule is CCOC(=O)C[C@H](N)c1cc(C)c(O)c(C)c1.Cl. The second-order valence-corrected chi connectivity index (χ2v) is 4.12. The molecule has 0 heterocycles. The van der Waals surface area contributed by atoms with E-state index in [1.807, 2.05) is 13.8 Å². The van der Waals surface area contributed by atoms with Crippen molar-refractivity contribution in [1.29, 1.82) is 0 Å². The maximum Gasteiger partial charge on any atom is 0.307 e. The molecule has 5 heteroatoms. The molecule has 0 aliphatic carbocycles. The fourth-order valence-electron chi connectivity index (χ4n) is 1.72. The molecule has 0 unspecified atom stereocenters. The van der Waals surface area contributed by atoms with Crippen molar-refractivity contribution in [2.45, 2.75) is 33.2 Å². The van der Waals surface area contributed by atoms with Gasteiger partial charge in [-0.15, -0.1) is 12.4 Å². The Labute approximate surface area is 114 Å². The van der Waals surface area contributed by atoms with Crippen LogP contribution in [0.2, 0.25) is 0 Å². The number of nitrogens with two attached hydrogens (primary N) is 1. The average molecular weight is 274 g/mol. The predicted molar refractivity (Wildman–Crippen MR) is 73.0 cm³/mol. The second-order valence-electron chi connectivity index (χ2n) is 4.12. The summed E-state index contributed by atoms with van der Waals surface area (Å²) in [5.74, 6) is -0.0273. The number of halogens is 1. The number of phenols is 1. The lowest BCUT2D eigenvalue weighted by molar-refractivity contribution is -0.143. The number of rotatable bonds is 4. The molecule has 4 nitrogen and oxygen atoms in total. The number of carbonyl (C=O) groups excluding carboxylic acids is 1. The van der Waals surface area contributed by atoms with Crippen molar-refractivity contribution < 1.29 is 14.6 Å². The first-order valence-electron chi connectivity index (χ1n) is 5.67. The van der Waals surface area contributed by atoms with E-state index >= 15 is 0 Å². The Kier molecular flexibility index (Phi) is 6.73. The highest BCUT2D eigenvalue weighted by atomic mass is 35.5. The second kappa shape index (κ2) is 7.24. The number of ether oxygens (including phenoxy) is 1. The van der Waals surface area contributed by atoms with Crippen LogP contribution in [0.3, 0.4) is 0 Å². The molecule has 102 valence electrons. The van der Waals surface area contributed by atoms with Crippen LogP contribution < -0.4 is 5.73 Å².